The molecule has 0 radical (unpaired) electrons. The van der Waals surface area contributed by atoms with Gasteiger partial charge < -0.3 is 10.4 Å². The maximum atomic E-state index is 9.99. The number of aliphatic hydroxyl groups is 1. The number of hydrogen-bond donors (Lipinski definition) is 2. The lowest BCUT2D eigenvalue weighted by atomic mass is 10.1. The average molecular weight is 370 g/mol. The van der Waals surface area contributed by atoms with Gasteiger partial charge in [-0.2, -0.15) is 11.8 Å². The first-order valence-electron chi connectivity index (χ1n) is 4.71. The minimum Gasteiger partial charge on any atom is -0.387 e. The fraction of sp³-hybridized carbons (Fsp3) is 0.500. The van der Waals surface area contributed by atoms with Gasteiger partial charge in [-0.05, 0) is 51.1 Å². The molecule has 1 aromatic heterocycles. The highest BCUT2D eigenvalue weighted by molar-refractivity contribution is 9.11. The Morgan fingerprint density at radius 1 is 1.56 bits per heavy atom. The maximum absolute atomic E-state index is 9.99. The van der Waals surface area contributed by atoms with Crippen molar-refractivity contribution in [3.8, 4) is 0 Å². The van der Waals surface area contributed by atoms with Crippen LogP contribution < -0.4 is 5.32 Å². The second-order valence-corrected chi connectivity index (χ2v) is 6.40. The van der Waals surface area contributed by atoms with Crippen LogP contribution >= 0.6 is 43.6 Å². The van der Waals surface area contributed by atoms with Gasteiger partial charge in [0.05, 0.1) is 10.1 Å². The normalized spacial score (nSPS) is 14.6. The average Bonchev–Trinajstić information content (AvgIpc) is 2.16. The highest BCUT2D eigenvalue weighted by atomic mass is 79.9. The number of nitrogens with one attached hydrogen (secondary N) is 1. The zero-order valence-corrected chi connectivity index (χ0v) is 13.1. The number of rotatable bonds is 5. The van der Waals surface area contributed by atoms with Crippen molar-refractivity contribution in [2.75, 3.05) is 23.9 Å². The smallest absolute Gasteiger partial charge is 0.140 e. The molecular formula is C10H14Br2N2OS. The molecule has 1 rings (SSSR count). The number of anilines is 1. The van der Waals surface area contributed by atoms with Gasteiger partial charge in [0.2, 0.25) is 0 Å². The van der Waals surface area contributed by atoms with E-state index in [1.165, 1.54) is 0 Å². The molecule has 0 aliphatic carbocycles. The van der Waals surface area contributed by atoms with E-state index >= 15 is 0 Å². The molecule has 0 aromatic carbocycles. The molecule has 0 spiro atoms. The van der Waals surface area contributed by atoms with Crippen molar-refractivity contribution in [1.29, 1.82) is 0 Å². The summed E-state index contributed by atoms with van der Waals surface area (Å²) in [7, 11) is 0. The first-order valence-corrected chi connectivity index (χ1v) is 7.69. The highest BCUT2D eigenvalue weighted by Gasteiger charge is 2.19. The van der Waals surface area contributed by atoms with Gasteiger partial charge in [-0.25, -0.2) is 4.98 Å². The molecular weight excluding hydrogens is 356 g/mol. The SMILES string of the molecule is CSCC(C)(O)CNc1ncc(Br)cc1Br. The molecule has 6 heteroatoms. The predicted octanol–water partition coefficient (Wildman–Crippen LogP) is 3.13. The van der Waals surface area contributed by atoms with Crippen molar-refractivity contribution >= 4 is 49.4 Å². The standard InChI is InChI=1S/C10H14Br2N2OS/c1-10(15,6-16-2)5-14-9-8(12)3-7(11)4-13-9/h3-4,15H,5-6H2,1-2H3,(H,13,14). The Kier molecular flexibility index (Phi) is 5.56. The Labute approximate surface area is 117 Å². The molecule has 0 fully saturated rings. The molecule has 3 nitrogen and oxygen atoms in total. The van der Waals surface area contributed by atoms with Crippen LogP contribution in [0.2, 0.25) is 0 Å². The van der Waals surface area contributed by atoms with Crippen LogP contribution in [0.3, 0.4) is 0 Å². The summed E-state index contributed by atoms with van der Waals surface area (Å²) in [5.74, 6) is 1.43. The summed E-state index contributed by atoms with van der Waals surface area (Å²) < 4.78 is 1.79. The topological polar surface area (TPSA) is 45.1 Å². The number of thioether (sulfide) groups is 1. The van der Waals surface area contributed by atoms with Crippen molar-refractivity contribution in [3.05, 3.63) is 21.2 Å². The molecule has 0 bridgehead atoms. The molecule has 0 aliphatic rings. The Balaban J connectivity index is 2.61. The number of nitrogens with zero attached hydrogens (tertiary/aromatic N) is 1. The van der Waals surface area contributed by atoms with E-state index in [1.807, 2.05) is 19.2 Å². The Morgan fingerprint density at radius 3 is 2.81 bits per heavy atom. The summed E-state index contributed by atoms with van der Waals surface area (Å²) in [6.07, 6.45) is 3.69. The van der Waals surface area contributed by atoms with Crippen LogP contribution in [0, 0.1) is 0 Å². The van der Waals surface area contributed by atoms with E-state index in [2.05, 4.69) is 42.2 Å². The Bertz CT molecular complexity index is 361. The van der Waals surface area contributed by atoms with E-state index in [9.17, 15) is 5.11 Å². The van der Waals surface area contributed by atoms with Crippen LogP contribution in [0.4, 0.5) is 5.82 Å². The van der Waals surface area contributed by atoms with Gasteiger partial charge >= 0.3 is 0 Å². The maximum Gasteiger partial charge on any atom is 0.140 e. The van der Waals surface area contributed by atoms with Crippen molar-refractivity contribution in [2.45, 2.75) is 12.5 Å². The lowest BCUT2D eigenvalue weighted by Crippen LogP contribution is -2.36. The third kappa shape index (κ3) is 4.61. The van der Waals surface area contributed by atoms with Gasteiger partial charge in [-0.15, -0.1) is 0 Å². The van der Waals surface area contributed by atoms with Crippen LogP contribution in [0.5, 0.6) is 0 Å². The lowest BCUT2D eigenvalue weighted by Gasteiger charge is -2.23. The van der Waals surface area contributed by atoms with Gasteiger partial charge in [-0.3, -0.25) is 0 Å². The minimum atomic E-state index is -0.729. The Morgan fingerprint density at radius 2 is 2.25 bits per heavy atom. The van der Waals surface area contributed by atoms with Crippen molar-refractivity contribution in [1.82, 2.24) is 4.98 Å². The van der Waals surface area contributed by atoms with E-state index in [4.69, 9.17) is 0 Å². The van der Waals surface area contributed by atoms with Gasteiger partial charge in [0.25, 0.3) is 0 Å². The number of hydrogen-bond acceptors (Lipinski definition) is 4. The second-order valence-electron chi connectivity index (χ2n) is 3.77. The molecule has 0 amide bonds. The molecule has 16 heavy (non-hydrogen) atoms. The lowest BCUT2D eigenvalue weighted by molar-refractivity contribution is 0.0996. The molecule has 90 valence electrons. The highest BCUT2D eigenvalue weighted by Crippen LogP contribution is 2.24. The van der Waals surface area contributed by atoms with Crippen LogP contribution in [0.25, 0.3) is 0 Å². The first kappa shape index (κ1) is 14.3. The zero-order valence-electron chi connectivity index (χ0n) is 9.13. The van der Waals surface area contributed by atoms with Crippen molar-refractivity contribution in [2.24, 2.45) is 0 Å². The summed E-state index contributed by atoms with van der Waals surface area (Å²) >= 11 is 8.37. The molecule has 1 heterocycles. The van der Waals surface area contributed by atoms with E-state index < -0.39 is 5.60 Å². The van der Waals surface area contributed by atoms with Gasteiger partial charge in [0.15, 0.2) is 0 Å². The fourth-order valence-corrected chi connectivity index (χ4v) is 3.03. The van der Waals surface area contributed by atoms with Crippen LogP contribution in [0.15, 0.2) is 21.2 Å². The monoisotopic (exact) mass is 368 g/mol. The second kappa shape index (κ2) is 6.23. The van der Waals surface area contributed by atoms with Gasteiger partial charge in [0.1, 0.15) is 5.82 Å². The third-order valence-corrected chi connectivity index (χ3v) is 3.85. The summed E-state index contributed by atoms with van der Waals surface area (Å²) in [5.41, 5.74) is -0.729. The fourth-order valence-electron chi connectivity index (χ4n) is 1.18. The van der Waals surface area contributed by atoms with E-state index in [-0.39, 0.29) is 0 Å². The van der Waals surface area contributed by atoms with Crippen LogP contribution in [-0.4, -0.2) is 34.2 Å². The van der Waals surface area contributed by atoms with Crippen LogP contribution in [0.1, 0.15) is 6.92 Å². The summed E-state index contributed by atoms with van der Waals surface area (Å²) in [6, 6.07) is 1.92. The molecule has 0 saturated heterocycles. The summed E-state index contributed by atoms with van der Waals surface area (Å²) in [5, 5.41) is 13.1. The van der Waals surface area contributed by atoms with Crippen LogP contribution in [-0.2, 0) is 0 Å². The van der Waals surface area contributed by atoms with Gasteiger partial charge in [0, 0.05) is 23.0 Å². The molecule has 1 atom stereocenters. The molecule has 0 aliphatic heterocycles. The third-order valence-electron chi connectivity index (χ3n) is 1.90. The van der Waals surface area contributed by atoms with Gasteiger partial charge in [-0.1, -0.05) is 0 Å². The quantitative estimate of drug-likeness (QED) is 0.836. The zero-order chi connectivity index (χ0) is 12.2. The van der Waals surface area contributed by atoms with Crippen molar-refractivity contribution < 1.29 is 5.11 Å². The predicted molar refractivity (Wildman–Crippen MR) is 77.1 cm³/mol. The van der Waals surface area contributed by atoms with E-state index in [0.29, 0.717) is 12.3 Å². The number of aromatic nitrogens is 1. The molecule has 0 saturated carbocycles. The van der Waals surface area contributed by atoms with Crippen molar-refractivity contribution in [3.63, 3.8) is 0 Å². The first-order chi connectivity index (χ1) is 7.44. The summed E-state index contributed by atoms with van der Waals surface area (Å²) in [6.45, 7) is 2.28. The molecule has 2 N–H and O–H groups in total. The van der Waals surface area contributed by atoms with E-state index in [0.717, 1.165) is 14.8 Å². The Hall–Kier alpha value is 0.220. The molecule has 1 aromatic rings. The number of pyridine rings is 1. The number of halogens is 2. The largest absolute Gasteiger partial charge is 0.387 e. The molecule has 1 unspecified atom stereocenters. The van der Waals surface area contributed by atoms with E-state index in [1.54, 1.807) is 18.0 Å². The summed E-state index contributed by atoms with van der Waals surface area (Å²) in [4.78, 5) is 4.22. The minimum absolute atomic E-state index is 0.473.